The average Bonchev–Trinajstić information content (AvgIpc) is 2.74. The molecule has 7 nitrogen and oxygen atoms in total. The lowest BCUT2D eigenvalue weighted by Crippen LogP contribution is -2.37. The zero-order valence-electron chi connectivity index (χ0n) is 15.6. The first-order chi connectivity index (χ1) is 13.6. The van der Waals surface area contributed by atoms with Gasteiger partial charge in [0, 0.05) is 36.0 Å². The highest BCUT2D eigenvalue weighted by Gasteiger charge is 2.18. The number of pyridine rings is 1. The standard InChI is InChI=1S/C21H21N5O2/c1-14(27)16-4-2-3-5-17(16)19-12-18(15-6-7-20(22)23-13-15)24-21(25-19)26-8-10-28-11-9-26/h2-7,12-13H,8-11H2,1H3,(H2,22,23). The van der Waals surface area contributed by atoms with Gasteiger partial charge >= 0.3 is 0 Å². The Hall–Kier alpha value is -3.32. The zero-order chi connectivity index (χ0) is 19.5. The van der Waals surface area contributed by atoms with Crippen LogP contribution < -0.4 is 10.6 Å². The number of nitrogens with zero attached hydrogens (tertiary/aromatic N) is 4. The number of ketones is 1. The van der Waals surface area contributed by atoms with Crippen molar-refractivity contribution in [3.63, 3.8) is 0 Å². The van der Waals surface area contributed by atoms with E-state index in [1.165, 1.54) is 0 Å². The molecule has 0 bridgehead atoms. The number of morpholine rings is 1. The molecular weight excluding hydrogens is 354 g/mol. The first kappa shape index (κ1) is 18.1. The second-order valence-corrected chi connectivity index (χ2v) is 6.61. The van der Waals surface area contributed by atoms with E-state index < -0.39 is 0 Å². The van der Waals surface area contributed by atoms with E-state index >= 15 is 0 Å². The normalized spacial score (nSPS) is 14.1. The van der Waals surface area contributed by atoms with Gasteiger partial charge in [0.15, 0.2) is 5.78 Å². The number of anilines is 2. The molecule has 142 valence electrons. The number of benzene rings is 1. The molecule has 1 aliphatic rings. The number of rotatable bonds is 4. The molecule has 0 atom stereocenters. The van der Waals surface area contributed by atoms with Gasteiger partial charge in [-0.25, -0.2) is 15.0 Å². The molecule has 3 aromatic rings. The quantitative estimate of drug-likeness (QED) is 0.701. The van der Waals surface area contributed by atoms with Crippen LogP contribution in [0.5, 0.6) is 0 Å². The number of aromatic nitrogens is 3. The number of carbonyl (C=O) groups is 1. The first-order valence-electron chi connectivity index (χ1n) is 9.16. The van der Waals surface area contributed by atoms with Crippen LogP contribution in [0.4, 0.5) is 11.8 Å². The van der Waals surface area contributed by atoms with E-state index in [9.17, 15) is 4.79 Å². The van der Waals surface area contributed by atoms with E-state index in [1.54, 1.807) is 19.2 Å². The van der Waals surface area contributed by atoms with Gasteiger partial charge in [-0.1, -0.05) is 24.3 Å². The molecular formula is C21H21N5O2. The van der Waals surface area contributed by atoms with E-state index in [4.69, 9.17) is 20.4 Å². The lowest BCUT2D eigenvalue weighted by atomic mass is 10.0. The summed E-state index contributed by atoms with van der Waals surface area (Å²) in [7, 11) is 0. The van der Waals surface area contributed by atoms with Gasteiger partial charge in [0.25, 0.3) is 0 Å². The highest BCUT2D eigenvalue weighted by molar-refractivity contribution is 6.00. The Bertz CT molecular complexity index is 998. The number of nitrogens with two attached hydrogens (primary N) is 1. The van der Waals surface area contributed by atoms with Crippen molar-refractivity contribution in [2.24, 2.45) is 0 Å². The van der Waals surface area contributed by atoms with Gasteiger partial charge in [-0.3, -0.25) is 4.79 Å². The third-order valence-corrected chi connectivity index (χ3v) is 4.67. The largest absolute Gasteiger partial charge is 0.384 e. The SMILES string of the molecule is CC(=O)c1ccccc1-c1cc(-c2ccc(N)nc2)nc(N2CCOCC2)n1. The molecule has 0 spiro atoms. The summed E-state index contributed by atoms with van der Waals surface area (Å²) in [6, 6.07) is 13.0. The molecule has 1 aromatic carbocycles. The van der Waals surface area contributed by atoms with Crippen LogP contribution in [0.1, 0.15) is 17.3 Å². The molecule has 0 radical (unpaired) electrons. The summed E-state index contributed by atoms with van der Waals surface area (Å²) in [5, 5.41) is 0. The number of hydrogen-bond acceptors (Lipinski definition) is 7. The summed E-state index contributed by atoms with van der Waals surface area (Å²) in [6.45, 7) is 4.27. The molecule has 28 heavy (non-hydrogen) atoms. The third kappa shape index (κ3) is 3.70. The fraction of sp³-hybridized carbons (Fsp3) is 0.238. The Morgan fingerprint density at radius 1 is 1.07 bits per heavy atom. The molecule has 0 amide bonds. The number of carbonyl (C=O) groups excluding carboxylic acids is 1. The fourth-order valence-corrected chi connectivity index (χ4v) is 3.20. The summed E-state index contributed by atoms with van der Waals surface area (Å²) in [6.07, 6.45) is 1.70. The summed E-state index contributed by atoms with van der Waals surface area (Å²) in [5.41, 5.74) is 9.42. The molecule has 2 N–H and O–H groups in total. The monoisotopic (exact) mass is 375 g/mol. The second-order valence-electron chi connectivity index (χ2n) is 6.61. The van der Waals surface area contributed by atoms with Crippen molar-refractivity contribution in [3.8, 4) is 22.5 Å². The molecule has 0 unspecified atom stereocenters. The second kappa shape index (κ2) is 7.74. The molecule has 3 heterocycles. The van der Waals surface area contributed by atoms with Crippen LogP contribution >= 0.6 is 0 Å². The van der Waals surface area contributed by atoms with Gasteiger partial charge < -0.3 is 15.4 Å². The predicted octanol–water partition coefficient (Wildman–Crippen LogP) is 2.83. The minimum atomic E-state index is -0.00200. The smallest absolute Gasteiger partial charge is 0.226 e. The van der Waals surface area contributed by atoms with Crippen molar-refractivity contribution in [1.82, 2.24) is 15.0 Å². The van der Waals surface area contributed by atoms with Gasteiger partial charge in [-0.15, -0.1) is 0 Å². The first-order valence-corrected chi connectivity index (χ1v) is 9.16. The maximum absolute atomic E-state index is 12.1. The van der Waals surface area contributed by atoms with Crippen LogP contribution in [-0.4, -0.2) is 47.0 Å². The number of ether oxygens (including phenoxy) is 1. The summed E-state index contributed by atoms with van der Waals surface area (Å²) < 4.78 is 5.45. The lowest BCUT2D eigenvalue weighted by molar-refractivity contribution is 0.101. The number of hydrogen-bond donors (Lipinski definition) is 1. The van der Waals surface area contributed by atoms with Gasteiger partial charge in [-0.05, 0) is 25.1 Å². The Labute approximate surface area is 163 Å². The fourth-order valence-electron chi connectivity index (χ4n) is 3.20. The Kier molecular flexibility index (Phi) is 4.99. The van der Waals surface area contributed by atoms with Crippen LogP contribution in [0.3, 0.4) is 0 Å². The summed E-state index contributed by atoms with van der Waals surface area (Å²) in [5.74, 6) is 1.07. The van der Waals surface area contributed by atoms with E-state index in [2.05, 4.69) is 9.88 Å². The van der Waals surface area contributed by atoms with Crippen LogP contribution in [0, 0.1) is 0 Å². The molecule has 1 fully saturated rings. The van der Waals surface area contributed by atoms with Crippen molar-refractivity contribution in [1.29, 1.82) is 0 Å². The number of Topliss-reactive ketones (excluding diaryl/α,β-unsaturated/α-hetero) is 1. The Balaban J connectivity index is 1.87. The molecule has 1 aliphatic heterocycles. The van der Waals surface area contributed by atoms with E-state index in [0.29, 0.717) is 36.2 Å². The number of nitrogen functional groups attached to an aromatic ring is 1. The van der Waals surface area contributed by atoms with Crippen LogP contribution in [0.25, 0.3) is 22.5 Å². The minimum Gasteiger partial charge on any atom is -0.384 e. The highest BCUT2D eigenvalue weighted by atomic mass is 16.5. The molecule has 2 aromatic heterocycles. The molecule has 0 aliphatic carbocycles. The van der Waals surface area contributed by atoms with E-state index in [0.717, 1.165) is 29.9 Å². The molecule has 1 saturated heterocycles. The van der Waals surface area contributed by atoms with Gasteiger partial charge in [-0.2, -0.15) is 0 Å². The van der Waals surface area contributed by atoms with E-state index in [-0.39, 0.29) is 5.78 Å². The van der Waals surface area contributed by atoms with Crippen molar-refractivity contribution < 1.29 is 9.53 Å². The minimum absolute atomic E-state index is 0.00200. The van der Waals surface area contributed by atoms with Gasteiger partial charge in [0.05, 0.1) is 24.6 Å². The predicted molar refractivity (Wildman–Crippen MR) is 108 cm³/mol. The molecule has 0 saturated carbocycles. The highest BCUT2D eigenvalue weighted by Crippen LogP contribution is 2.29. The van der Waals surface area contributed by atoms with Crippen LogP contribution in [0.2, 0.25) is 0 Å². The van der Waals surface area contributed by atoms with Crippen molar-refractivity contribution in [2.75, 3.05) is 36.9 Å². The molecule has 4 rings (SSSR count). The maximum Gasteiger partial charge on any atom is 0.226 e. The zero-order valence-corrected chi connectivity index (χ0v) is 15.6. The van der Waals surface area contributed by atoms with E-state index in [1.807, 2.05) is 36.4 Å². The third-order valence-electron chi connectivity index (χ3n) is 4.67. The van der Waals surface area contributed by atoms with Crippen molar-refractivity contribution >= 4 is 17.5 Å². The van der Waals surface area contributed by atoms with Crippen LogP contribution in [-0.2, 0) is 4.74 Å². The van der Waals surface area contributed by atoms with Gasteiger partial charge in [0.1, 0.15) is 5.82 Å². The van der Waals surface area contributed by atoms with Gasteiger partial charge in [0.2, 0.25) is 5.95 Å². The summed E-state index contributed by atoms with van der Waals surface area (Å²) in [4.78, 5) is 27.9. The lowest BCUT2D eigenvalue weighted by Gasteiger charge is -2.27. The van der Waals surface area contributed by atoms with Crippen molar-refractivity contribution in [3.05, 3.63) is 54.2 Å². The topological polar surface area (TPSA) is 94.2 Å². The Morgan fingerprint density at radius 3 is 2.54 bits per heavy atom. The Morgan fingerprint density at radius 2 is 1.82 bits per heavy atom. The van der Waals surface area contributed by atoms with Crippen LogP contribution in [0.15, 0.2) is 48.7 Å². The molecule has 7 heteroatoms. The average molecular weight is 375 g/mol. The summed E-state index contributed by atoms with van der Waals surface area (Å²) >= 11 is 0. The maximum atomic E-state index is 12.1. The van der Waals surface area contributed by atoms with Crippen molar-refractivity contribution in [2.45, 2.75) is 6.92 Å².